The Morgan fingerprint density at radius 2 is 1.96 bits per heavy atom. The summed E-state index contributed by atoms with van der Waals surface area (Å²) < 4.78 is 10.5. The largest absolute Gasteiger partial charge is 0.460 e. The molecule has 1 N–H and O–H groups in total. The van der Waals surface area contributed by atoms with Crippen molar-refractivity contribution in [2.75, 3.05) is 19.7 Å². The molecule has 0 aliphatic carbocycles. The van der Waals surface area contributed by atoms with Gasteiger partial charge in [-0.05, 0) is 56.5 Å². The fourth-order valence-electron chi connectivity index (χ4n) is 3.34. The molecule has 1 aliphatic heterocycles. The fraction of sp³-hybridized carbons (Fsp3) is 0.450. The molecule has 2 aromatic rings. The van der Waals surface area contributed by atoms with E-state index in [0.717, 1.165) is 37.3 Å². The van der Waals surface area contributed by atoms with Crippen molar-refractivity contribution >= 4 is 5.97 Å². The van der Waals surface area contributed by atoms with Gasteiger partial charge < -0.3 is 14.3 Å². The molecule has 134 valence electrons. The first kappa shape index (κ1) is 17.7. The van der Waals surface area contributed by atoms with E-state index in [1.54, 1.807) is 13.0 Å². The lowest BCUT2D eigenvalue weighted by Gasteiger charge is -2.33. The van der Waals surface area contributed by atoms with Crippen LogP contribution in [0.1, 0.15) is 47.7 Å². The van der Waals surface area contributed by atoms with Crippen LogP contribution in [0.15, 0.2) is 46.9 Å². The number of nitrogens with zero attached hydrogens (tertiary/aromatic N) is 1. The third-order valence-corrected chi connectivity index (χ3v) is 4.74. The van der Waals surface area contributed by atoms with Crippen molar-refractivity contribution in [2.45, 2.75) is 32.4 Å². The maximum Gasteiger partial charge on any atom is 0.374 e. The number of rotatable bonds is 6. The molecule has 1 aromatic heterocycles. The molecule has 1 unspecified atom stereocenters. The first-order valence-corrected chi connectivity index (χ1v) is 8.88. The van der Waals surface area contributed by atoms with E-state index < -0.39 is 12.1 Å². The maximum absolute atomic E-state index is 11.6. The highest BCUT2D eigenvalue weighted by atomic mass is 16.5. The van der Waals surface area contributed by atoms with Gasteiger partial charge in [-0.15, -0.1) is 0 Å². The van der Waals surface area contributed by atoms with Gasteiger partial charge in [-0.3, -0.25) is 4.90 Å². The zero-order valence-electron chi connectivity index (χ0n) is 14.6. The normalized spacial score (nSPS) is 17.4. The van der Waals surface area contributed by atoms with Gasteiger partial charge in [0, 0.05) is 0 Å². The van der Waals surface area contributed by atoms with Crippen LogP contribution in [0.4, 0.5) is 0 Å². The summed E-state index contributed by atoms with van der Waals surface area (Å²) in [7, 11) is 0. The molecule has 5 heteroatoms. The number of benzene rings is 1. The Labute approximate surface area is 148 Å². The monoisotopic (exact) mass is 343 g/mol. The quantitative estimate of drug-likeness (QED) is 0.815. The average molecular weight is 343 g/mol. The summed E-state index contributed by atoms with van der Waals surface area (Å²) in [6.07, 6.45) is 1.49. The number of aliphatic hydroxyl groups is 1. The van der Waals surface area contributed by atoms with Crippen molar-refractivity contribution in [1.29, 1.82) is 0 Å². The van der Waals surface area contributed by atoms with Crippen LogP contribution in [-0.4, -0.2) is 35.7 Å². The van der Waals surface area contributed by atoms with Crippen molar-refractivity contribution in [3.8, 4) is 0 Å². The summed E-state index contributed by atoms with van der Waals surface area (Å²) in [6.45, 7) is 4.60. The summed E-state index contributed by atoms with van der Waals surface area (Å²) in [6, 6.07) is 13.4. The highest BCUT2D eigenvalue weighted by Gasteiger charge is 2.26. The standard InChI is InChI=1S/C20H25NO4/c1-2-24-20(23)18-9-8-17(25-18)14-21-12-10-16(11-13-21)19(22)15-6-4-3-5-7-15/h3-9,16,19,22H,2,10-14H2,1H3. The second kappa shape index (κ2) is 8.32. The van der Waals surface area contributed by atoms with Gasteiger partial charge in [0.25, 0.3) is 0 Å². The molecular weight excluding hydrogens is 318 g/mol. The van der Waals surface area contributed by atoms with E-state index in [4.69, 9.17) is 9.15 Å². The molecule has 1 fully saturated rings. The molecule has 1 aromatic carbocycles. The van der Waals surface area contributed by atoms with Gasteiger partial charge in [-0.1, -0.05) is 30.3 Å². The fourth-order valence-corrected chi connectivity index (χ4v) is 3.34. The van der Waals surface area contributed by atoms with Crippen molar-refractivity contribution in [2.24, 2.45) is 5.92 Å². The Bertz CT molecular complexity index is 674. The van der Waals surface area contributed by atoms with Crippen LogP contribution in [0.25, 0.3) is 0 Å². The molecule has 1 saturated heterocycles. The molecule has 1 aliphatic rings. The van der Waals surface area contributed by atoms with E-state index in [0.29, 0.717) is 13.2 Å². The Hall–Kier alpha value is -2.11. The minimum Gasteiger partial charge on any atom is -0.460 e. The topological polar surface area (TPSA) is 62.9 Å². The summed E-state index contributed by atoms with van der Waals surface area (Å²) in [5.74, 6) is 0.889. The zero-order chi connectivity index (χ0) is 17.6. The number of hydrogen-bond acceptors (Lipinski definition) is 5. The minimum absolute atomic E-state index is 0.256. The number of likely N-dealkylation sites (tertiary alicyclic amines) is 1. The van der Waals surface area contributed by atoms with Gasteiger partial charge in [0.1, 0.15) is 5.76 Å². The van der Waals surface area contributed by atoms with Crippen LogP contribution in [0, 0.1) is 5.92 Å². The van der Waals surface area contributed by atoms with Gasteiger partial charge in [0.05, 0.1) is 19.3 Å². The number of furan rings is 1. The molecule has 2 heterocycles. The van der Waals surface area contributed by atoms with Gasteiger partial charge in [-0.25, -0.2) is 4.79 Å². The van der Waals surface area contributed by atoms with E-state index in [1.165, 1.54) is 0 Å². The lowest BCUT2D eigenvalue weighted by atomic mass is 9.87. The van der Waals surface area contributed by atoms with Crippen molar-refractivity contribution < 1.29 is 19.1 Å². The van der Waals surface area contributed by atoms with E-state index >= 15 is 0 Å². The van der Waals surface area contributed by atoms with Crippen LogP contribution in [-0.2, 0) is 11.3 Å². The molecule has 0 radical (unpaired) electrons. The molecule has 0 bridgehead atoms. The van der Waals surface area contributed by atoms with Gasteiger partial charge in [0.2, 0.25) is 5.76 Å². The van der Waals surface area contributed by atoms with Crippen LogP contribution in [0.5, 0.6) is 0 Å². The summed E-state index contributed by atoms with van der Waals surface area (Å²) in [4.78, 5) is 13.9. The number of carbonyl (C=O) groups is 1. The first-order chi connectivity index (χ1) is 12.2. The molecule has 5 nitrogen and oxygen atoms in total. The molecule has 0 saturated carbocycles. The van der Waals surface area contributed by atoms with E-state index in [2.05, 4.69) is 4.90 Å². The highest BCUT2D eigenvalue weighted by molar-refractivity contribution is 5.86. The Morgan fingerprint density at radius 3 is 2.64 bits per heavy atom. The van der Waals surface area contributed by atoms with Crippen LogP contribution in [0.2, 0.25) is 0 Å². The molecule has 1 atom stereocenters. The number of carbonyl (C=O) groups excluding carboxylic acids is 1. The summed E-state index contributed by atoms with van der Waals surface area (Å²) >= 11 is 0. The number of esters is 1. The molecule has 25 heavy (non-hydrogen) atoms. The predicted octanol–water partition coefficient (Wildman–Crippen LogP) is 3.40. The first-order valence-electron chi connectivity index (χ1n) is 8.88. The molecule has 0 amide bonds. The van der Waals surface area contributed by atoms with E-state index in [1.807, 2.05) is 36.4 Å². The Kier molecular flexibility index (Phi) is 5.89. The lowest BCUT2D eigenvalue weighted by Crippen LogP contribution is -2.35. The van der Waals surface area contributed by atoms with Crippen LogP contribution < -0.4 is 0 Å². The smallest absolute Gasteiger partial charge is 0.374 e. The minimum atomic E-state index is -0.418. The second-order valence-electron chi connectivity index (χ2n) is 6.46. The maximum atomic E-state index is 11.6. The van der Waals surface area contributed by atoms with Crippen molar-refractivity contribution in [1.82, 2.24) is 4.90 Å². The van der Waals surface area contributed by atoms with Crippen LogP contribution in [0.3, 0.4) is 0 Å². The van der Waals surface area contributed by atoms with Crippen molar-refractivity contribution in [3.05, 3.63) is 59.5 Å². The van der Waals surface area contributed by atoms with Crippen molar-refractivity contribution in [3.63, 3.8) is 0 Å². The molecular formula is C20H25NO4. The second-order valence-corrected chi connectivity index (χ2v) is 6.46. The molecule has 3 rings (SSSR count). The third-order valence-electron chi connectivity index (χ3n) is 4.74. The third kappa shape index (κ3) is 4.50. The average Bonchev–Trinajstić information content (AvgIpc) is 3.11. The Balaban J connectivity index is 1.50. The van der Waals surface area contributed by atoms with Crippen LogP contribution >= 0.6 is 0 Å². The highest BCUT2D eigenvalue weighted by Crippen LogP contribution is 2.31. The zero-order valence-corrected chi connectivity index (χ0v) is 14.6. The van der Waals surface area contributed by atoms with Gasteiger partial charge in [0.15, 0.2) is 0 Å². The lowest BCUT2D eigenvalue weighted by molar-refractivity contribution is 0.0471. The molecule has 0 spiro atoms. The number of ether oxygens (including phenoxy) is 1. The van der Waals surface area contributed by atoms with E-state index in [9.17, 15) is 9.90 Å². The van der Waals surface area contributed by atoms with Gasteiger partial charge >= 0.3 is 5.97 Å². The number of aliphatic hydroxyl groups excluding tert-OH is 1. The summed E-state index contributed by atoms with van der Waals surface area (Å²) in [5.41, 5.74) is 0.992. The number of hydrogen-bond donors (Lipinski definition) is 1. The predicted molar refractivity (Wildman–Crippen MR) is 94.1 cm³/mol. The Morgan fingerprint density at radius 1 is 1.24 bits per heavy atom. The summed E-state index contributed by atoms with van der Waals surface area (Å²) in [5, 5.41) is 10.5. The SMILES string of the molecule is CCOC(=O)c1ccc(CN2CCC(C(O)c3ccccc3)CC2)o1. The van der Waals surface area contributed by atoms with E-state index in [-0.39, 0.29) is 11.7 Å². The number of piperidine rings is 1. The van der Waals surface area contributed by atoms with Gasteiger partial charge in [-0.2, -0.15) is 0 Å².